The van der Waals surface area contributed by atoms with Gasteiger partial charge in [0.1, 0.15) is 11.6 Å². The molecule has 1 aromatic carbocycles. The zero-order chi connectivity index (χ0) is 14.4. The van der Waals surface area contributed by atoms with Crippen molar-refractivity contribution in [3.63, 3.8) is 0 Å². The van der Waals surface area contributed by atoms with Gasteiger partial charge in [0, 0.05) is 19.3 Å². The highest BCUT2D eigenvalue weighted by Crippen LogP contribution is 2.32. The topological polar surface area (TPSA) is 83.4 Å². The summed E-state index contributed by atoms with van der Waals surface area (Å²) >= 11 is 0. The van der Waals surface area contributed by atoms with Gasteiger partial charge < -0.3 is 20.1 Å². The number of benzene rings is 1. The van der Waals surface area contributed by atoms with Crippen molar-refractivity contribution in [1.29, 1.82) is 5.26 Å². The molecule has 1 aliphatic rings. The summed E-state index contributed by atoms with van der Waals surface area (Å²) in [6.45, 7) is 3.08. The average molecular weight is 273 g/mol. The van der Waals surface area contributed by atoms with Crippen molar-refractivity contribution in [3.05, 3.63) is 35.5 Å². The molecule has 1 aliphatic heterocycles. The van der Waals surface area contributed by atoms with Gasteiger partial charge in [-0.3, -0.25) is 4.79 Å². The third-order valence-corrected chi connectivity index (χ3v) is 2.71. The fraction of sp³-hybridized carbons (Fsp3) is 0.286. The maximum Gasteiger partial charge on any atom is 0.263 e. The third-order valence-electron chi connectivity index (χ3n) is 2.71. The van der Waals surface area contributed by atoms with Gasteiger partial charge in [-0.1, -0.05) is 6.07 Å². The van der Waals surface area contributed by atoms with Crippen molar-refractivity contribution in [2.45, 2.75) is 13.5 Å². The van der Waals surface area contributed by atoms with Gasteiger partial charge in [-0.2, -0.15) is 5.26 Å². The molecule has 104 valence electrons. The molecule has 0 bridgehead atoms. The van der Waals surface area contributed by atoms with E-state index in [-0.39, 0.29) is 12.4 Å². The van der Waals surface area contributed by atoms with Crippen molar-refractivity contribution in [1.82, 2.24) is 10.6 Å². The van der Waals surface area contributed by atoms with E-state index >= 15 is 0 Å². The maximum atomic E-state index is 11.8. The van der Waals surface area contributed by atoms with Crippen LogP contribution in [0.2, 0.25) is 0 Å². The monoisotopic (exact) mass is 273 g/mol. The first-order valence-corrected chi connectivity index (χ1v) is 6.25. The van der Waals surface area contributed by atoms with Crippen molar-refractivity contribution in [2.75, 3.05) is 13.3 Å². The summed E-state index contributed by atoms with van der Waals surface area (Å²) in [6, 6.07) is 7.30. The van der Waals surface area contributed by atoms with Crippen LogP contribution in [0.5, 0.6) is 11.5 Å². The Morgan fingerprint density at radius 1 is 1.45 bits per heavy atom. The molecule has 0 aliphatic carbocycles. The largest absolute Gasteiger partial charge is 0.454 e. The van der Waals surface area contributed by atoms with E-state index in [2.05, 4.69) is 10.6 Å². The van der Waals surface area contributed by atoms with E-state index in [9.17, 15) is 4.79 Å². The van der Waals surface area contributed by atoms with Crippen molar-refractivity contribution in [2.24, 2.45) is 0 Å². The Balaban J connectivity index is 1.95. The second-order valence-corrected chi connectivity index (χ2v) is 4.10. The Morgan fingerprint density at radius 3 is 3.00 bits per heavy atom. The Labute approximate surface area is 117 Å². The summed E-state index contributed by atoms with van der Waals surface area (Å²) in [5.41, 5.74) is 0.927. The molecule has 20 heavy (non-hydrogen) atoms. The van der Waals surface area contributed by atoms with Crippen LogP contribution in [-0.2, 0) is 11.3 Å². The Morgan fingerprint density at radius 2 is 2.25 bits per heavy atom. The molecule has 2 rings (SSSR count). The van der Waals surface area contributed by atoms with Crippen LogP contribution in [0.3, 0.4) is 0 Å². The fourth-order valence-corrected chi connectivity index (χ4v) is 1.68. The summed E-state index contributed by atoms with van der Waals surface area (Å²) < 4.78 is 10.5. The highest BCUT2D eigenvalue weighted by molar-refractivity contribution is 5.97. The molecule has 0 atom stereocenters. The Bertz CT molecular complexity index is 576. The first-order chi connectivity index (χ1) is 9.74. The fourth-order valence-electron chi connectivity index (χ4n) is 1.68. The van der Waals surface area contributed by atoms with Crippen LogP contribution < -0.4 is 20.1 Å². The lowest BCUT2D eigenvalue weighted by Gasteiger charge is -2.05. The molecule has 6 nitrogen and oxygen atoms in total. The normalized spacial score (nSPS) is 12.7. The Kier molecular flexibility index (Phi) is 4.45. The number of amides is 1. The molecular weight excluding hydrogens is 258 g/mol. The zero-order valence-corrected chi connectivity index (χ0v) is 11.1. The number of nitrogens with zero attached hydrogens (tertiary/aromatic N) is 1. The quantitative estimate of drug-likeness (QED) is 0.619. The highest BCUT2D eigenvalue weighted by atomic mass is 16.7. The van der Waals surface area contributed by atoms with E-state index in [4.69, 9.17) is 14.7 Å². The molecule has 6 heteroatoms. The molecule has 0 saturated heterocycles. The lowest BCUT2D eigenvalue weighted by Crippen LogP contribution is -2.25. The molecule has 1 heterocycles. The molecule has 0 aromatic heterocycles. The zero-order valence-electron chi connectivity index (χ0n) is 11.1. The van der Waals surface area contributed by atoms with E-state index < -0.39 is 5.91 Å². The van der Waals surface area contributed by atoms with E-state index in [1.165, 1.54) is 6.20 Å². The number of carbonyl (C=O) groups is 1. The van der Waals surface area contributed by atoms with Crippen LogP contribution in [0.15, 0.2) is 30.0 Å². The van der Waals surface area contributed by atoms with Gasteiger partial charge in [-0.15, -0.1) is 0 Å². The van der Waals surface area contributed by atoms with Gasteiger partial charge in [0.2, 0.25) is 6.79 Å². The minimum atomic E-state index is -0.411. The minimum Gasteiger partial charge on any atom is -0.454 e. The predicted molar refractivity (Wildman–Crippen MR) is 71.8 cm³/mol. The van der Waals surface area contributed by atoms with Gasteiger partial charge in [-0.25, -0.2) is 0 Å². The van der Waals surface area contributed by atoms with Crippen molar-refractivity contribution in [3.8, 4) is 17.6 Å². The van der Waals surface area contributed by atoms with Crippen LogP contribution in [0, 0.1) is 11.3 Å². The summed E-state index contributed by atoms with van der Waals surface area (Å²) in [5.74, 6) is 0.955. The number of ether oxygens (including phenoxy) is 2. The maximum absolute atomic E-state index is 11.8. The Hall–Kier alpha value is -2.68. The van der Waals surface area contributed by atoms with Crippen molar-refractivity contribution >= 4 is 5.91 Å². The molecule has 0 radical (unpaired) electrons. The highest BCUT2D eigenvalue weighted by Gasteiger charge is 2.14. The van der Waals surface area contributed by atoms with Gasteiger partial charge in [-0.05, 0) is 24.6 Å². The van der Waals surface area contributed by atoms with Crippen LogP contribution in [-0.4, -0.2) is 19.2 Å². The molecular formula is C14H15N3O3. The standard InChI is InChI=1S/C14H15N3O3/c1-2-16-8-11(6-15)14(18)17-7-10-3-4-12-13(5-10)20-9-19-12/h3-5,8,16H,2,7,9H2,1H3,(H,17,18)/b11-8-. The van der Waals surface area contributed by atoms with Gasteiger partial charge in [0.25, 0.3) is 5.91 Å². The van der Waals surface area contributed by atoms with Crippen LogP contribution in [0.25, 0.3) is 0 Å². The van der Waals surface area contributed by atoms with Crippen LogP contribution in [0.4, 0.5) is 0 Å². The third kappa shape index (κ3) is 3.20. The molecule has 2 N–H and O–H groups in total. The van der Waals surface area contributed by atoms with E-state index in [1.807, 2.05) is 25.1 Å². The lowest BCUT2D eigenvalue weighted by atomic mass is 10.2. The molecule has 0 fully saturated rings. The van der Waals surface area contributed by atoms with E-state index in [0.717, 1.165) is 5.56 Å². The molecule has 0 spiro atoms. The van der Waals surface area contributed by atoms with Gasteiger partial charge in [0.05, 0.1) is 0 Å². The summed E-state index contributed by atoms with van der Waals surface area (Å²) in [5, 5.41) is 14.4. The smallest absolute Gasteiger partial charge is 0.263 e. The van der Waals surface area contributed by atoms with Gasteiger partial charge in [0.15, 0.2) is 11.5 Å². The number of hydrogen-bond acceptors (Lipinski definition) is 5. The number of fused-ring (bicyclic) bond motifs is 1. The summed E-state index contributed by atoms with van der Waals surface area (Å²) in [6.07, 6.45) is 1.41. The first-order valence-electron chi connectivity index (χ1n) is 6.25. The average Bonchev–Trinajstić information content (AvgIpc) is 2.93. The van der Waals surface area contributed by atoms with E-state index in [0.29, 0.717) is 24.6 Å². The van der Waals surface area contributed by atoms with Gasteiger partial charge >= 0.3 is 0 Å². The van der Waals surface area contributed by atoms with Crippen LogP contribution >= 0.6 is 0 Å². The lowest BCUT2D eigenvalue weighted by molar-refractivity contribution is -0.117. The second-order valence-electron chi connectivity index (χ2n) is 4.10. The number of carbonyl (C=O) groups excluding carboxylic acids is 1. The van der Waals surface area contributed by atoms with Crippen LogP contribution in [0.1, 0.15) is 12.5 Å². The first kappa shape index (κ1) is 13.7. The summed E-state index contributed by atoms with van der Waals surface area (Å²) in [4.78, 5) is 11.8. The molecule has 1 aromatic rings. The number of nitrogens with one attached hydrogen (secondary N) is 2. The molecule has 1 amide bonds. The molecule has 0 unspecified atom stereocenters. The summed E-state index contributed by atoms with van der Waals surface area (Å²) in [7, 11) is 0. The molecule has 0 saturated carbocycles. The number of nitriles is 1. The van der Waals surface area contributed by atoms with Crippen molar-refractivity contribution < 1.29 is 14.3 Å². The number of hydrogen-bond donors (Lipinski definition) is 2. The minimum absolute atomic E-state index is 0.0487. The SMILES string of the molecule is CCN/C=C(/C#N)C(=O)NCc1ccc2c(c1)OCO2. The van der Waals surface area contributed by atoms with E-state index in [1.54, 1.807) is 6.07 Å². The predicted octanol–water partition coefficient (Wildman–Crippen LogP) is 1.05. The second kappa shape index (κ2) is 6.48. The number of rotatable bonds is 5.